The van der Waals surface area contributed by atoms with Crippen LogP contribution in [0.5, 0.6) is 0 Å². The maximum absolute atomic E-state index is 13.7. The molecule has 0 spiro atoms. The summed E-state index contributed by atoms with van der Waals surface area (Å²) in [6.07, 6.45) is 1.42. The van der Waals surface area contributed by atoms with Crippen LogP contribution in [0.4, 0.5) is 10.1 Å². The van der Waals surface area contributed by atoms with Crippen molar-refractivity contribution in [3.63, 3.8) is 0 Å². The smallest absolute Gasteiger partial charge is 0.255 e. The summed E-state index contributed by atoms with van der Waals surface area (Å²) in [4.78, 5) is 12.1. The first-order valence-electron chi connectivity index (χ1n) is 7.74. The first-order valence-corrected chi connectivity index (χ1v) is 9.60. The molecular weight excluding hydrogens is 395 g/mol. The Hall–Kier alpha value is -2.68. The molecule has 0 fully saturated rings. The highest BCUT2D eigenvalue weighted by molar-refractivity contribution is 7.89. The van der Waals surface area contributed by atoms with E-state index in [9.17, 15) is 17.6 Å². The van der Waals surface area contributed by atoms with Gasteiger partial charge in [0.1, 0.15) is 16.5 Å². The molecule has 1 amide bonds. The largest absolute Gasteiger partial charge is 0.468 e. The highest BCUT2D eigenvalue weighted by Gasteiger charge is 2.21. The van der Waals surface area contributed by atoms with Crippen molar-refractivity contribution in [3.8, 4) is 0 Å². The van der Waals surface area contributed by atoms with Crippen molar-refractivity contribution in [2.75, 3.05) is 5.32 Å². The lowest BCUT2D eigenvalue weighted by Crippen LogP contribution is -2.24. The number of halogens is 2. The molecule has 1 aromatic heterocycles. The van der Waals surface area contributed by atoms with Gasteiger partial charge in [0, 0.05) is 5.56 Å². The second-order valence-electron chi connectivity index (χ2n) is 5.48. The Labute approximate surface area is 160 Å². The number of nitrogens with one attached hydrogen (secondary N) is 2. The molecule has 2 N–H and O–H groups in total. The van der Waals surface area contributed by atoms with Crippen LogP contribution in [0.15, 0.2) is 70.2 Å². The highest BCUT2D eigenvalue weighted by atomic mass is 35.5. The maximum Gasteiger partial charge on any atom is 0.255 e. The molecule has 0 unspecified atom stereocenters. The monoisotopic (exact) mass is 408 g/mol. The Kier molecular flexibility index (Phi) is 5.59. The van der Waals surface area contributed by atoms with Crippen molar-refractivity contribution in [2.45, 2.75) is 11.4 Å². The number of sulfonamides is 1. The van der Waals surface area contributed by atoms with E-state index in [1.165, 1.54) is 36.6 Å². The number of para-hydroxylation sites is 1. The zero-order valence-corrected chi connectivity index (χ0v) is 15.4. The predicted octanol–water partition coefficient (Wildman–Crippen LogP) is 3.80. The van der Waals surface area contributed by atoms with Gasteiger partial charge < -0.3 is 9.73 Å². The fourth-order valence-corrected chi connectivity index (χ4v) is 3.78. The number of rotatable bonds is 6. The van der Waals surface area contributed by atoms with Crippen molar-refractivity contribution < 1.29 is 22.0 Å². The number of carbonyl (C=O) groups excluding carboxylic acids is 1. The first-order chi connectivity index (χ1) is 12.9. The third-order valence-electron chi connectivity index (χ3n) is 3.62. The van der Waals surface area contributed by atoms with Gasteiger partial charge in [-0.3, -0.25) is 4.79 Å². The van der Waals surface area contributed by atoms with Crippen LogP contribution in [0.2, 0.25) is 5.02 Å². The van der Waals surface area contributed by atoms with Crippen LogP contribution < -0.4 is 10.0 Å². The zero-order chi connectivity index (χ0) is 19.4. The van der Waals surface area contributed by atoms with Gasteiger partial charge in [0.2, 0.25) is 10.0 Å². The quantitative estimate of drug-likeness (QED) is 0.649. The number of amides is 1. The minimum Gasteiger partial charge on any atom is -0.468 e. The number of hydrogen-bond donors (Lipinski definition) is 2. The van der Waals surface area contributed by atoms with Gasteiger partial charge >= 0.3 is 0 Å². The average Bonchev–Trinajstić information content (AvgIpc) is 3.16. The molecule has 1 heterocycles. The topological polar surface area (TPSA) is 88.4 Å². The summed E-state index contributed by atoms with van der Waals surface area (Å²) in [5.74, 6) is -0.852. The summed E-state index contributed by atoms with van der Waals surface area (Å²) in [6, 6.07) is 12.7. The van der Waals surface area contributed by atoms with E-state index in [-0.39, 0.29) is 27.7 Å². The van der Waals surface area contributed by atoms with Crippen LogP contribution in [0.3, 0.4) is 0 Å². The van der Waals surface area contributed by atoms with E-state index in [1.807, 2.05) is 0 Å². The molecule has 27 heavy (non-hydrogen) atoms. The van der Waals surface area contributed by atoms with Gasteiger partial charge in [-0.2, -0.15) is 0 Å². The van der Waals surface area contributed by atoms with E-state index in [1.54, 1.807) is 18.2 Å². The summed E-state index contributed by atoms with van der Waals surface area (Å²) >= 11 is 6.00. The molecule has 0 saturated carbocycles. The van der Waals surface area contributed by atoms with E-state index in [0.29, 0.717) is 5.76 Å². The zero-order valence-electron chi connectivity index (χ0n) is 13.8. The third-order valence-corrected chi connectivity index (χ3v) is 5.50. The normalized spacial score (nSPS) is 11.3. The van der Waals surface area contributed by atoms with Gasteiger partial charge in [-0.15, -0.1) is 0 Å². The molecule has 0 aliphatic rings. The molecule has 0 radical (unpaired) electrons. The lowest BCUT2D eigenvalue weighted by Gasteiger charge is -2.10. The lowest BCUT2D eigenvalue weighted by atomic mass is 10.2. The Balaban J connectivity index is 1.83. The Morgan fingerprint density at radius 3 is 2.59 bits per heavy atom. The molecule has 0 aliphatic carbocycles. The summed E-state index contributed by atoms with van der Waals surface area (Å²) in [5, 5.41) is 2.34. The minimum absolute atomic E-state index is 0.0148. The van der Waals surface area contributed by atoms with Crippen molar-refractivity contribution in [3.05, 3.63) is 83.0 Å². The van der Waals surface area contributed by atoms with Crippen LogP contribution >= 0.6 is 11.6 Å². The summed E-state index contributed by atoms with van der Waals surface area (Å²) < 4.78 is 46.1. The van der Waals surface area contributed by atoms with Gasteiger partial charge in [-0.25, -0.2) is 17.5 Å². The van der Waals surface area contributed by atoms with E-state index in [2.05, 4.69) is 10.0 Å². The fourth-order valence-electron chi connectivity index (χ4n) is 2.26. The number of benzene rings is 2. The van der Waals surface area contributed by atoms with Crippen molar-refractivity contribution in [1.29, 1.82) is 0 Å². The van der Waals surface area contributed by atoms with Crippen LogP contribution in [0.25, 0.3) is 0 Å². The standard InChI is InChI=1S/C18H14ClFN2O4S/c19-14-8-7-12(18(23)22-16-6-2-1-5-15(16)20)10-17(14)27(24,25)21-11-13-4-3-9-26-13/h1-10,21H,11H2,(H,22,23). The molecule has 9 heteroatoms. The molecule has 2 aromatic carbocycles. The second-order valence-corrected chi connectivity index (χ2v) is 7.63. The summed E-state index contributed by atoms with van der Waals surface area (Å²) in [6.45, 7) is -0.0721. The van der Waals surface area contributed by atoms with E-state index in [4.69, 9.17) is 16.0 Å². The van der Waals surface area contributed by atoms with Gasteiger partial charge in [0.15, 0.2) is 0 Å². The number of carbonyl (C=O) groups is 1. The molecule has 140 valence electrons. The van der Waals surface area contributed by atoms with Gasteiger partial charge in [-0.05, 0) is 42.5 Å². The molecule has 0 aliphatic heterocycles. The maximum atomic E-state index is 13.7. The average molecular weight is 409 g/mol. The predicted molar refractivity (Wildman–Crippen MR) is 98.5 cm³/mol. The molecule has 0 bridgehead atoms. The van der Waals surface area contributed by atoms with E-state index < -0.39 is 21.7 Å². The van der Waals surface area contributed by atoms with Crippen LogP contribution in [0, 0.1) is 5.82 Å². The Bertz CT molecular complexity index is 1070. The van der Waals surface area contributed by atoms with Crippen LogP contribution in [-0.4, -0.2) is 14.3 Å². The van der Waals surface area contributed by atoms with E-state index in [0.717, 1.165) is 6.07 Å². The third kappa shape index (κ3) is 4.54. The van der Waals surface area contributed by atoms with Crippen molar-refractivity contribution >= 4 is 33.2 Å². The van der Waals surface area contributed by atoms with Gasteiger partial charge in [-0.1, -0.05) is 23.7 Å². The van der Waals surface area contributed by atoms with Gasteiger partial charge in [0.25, 0.3) is 5.91 Å². The number of anilines is 1. The minimum atomic E-state index is -4.00. The van der Waals surface area contributed by atoms with Crippen LogP contribution in [-0.2, 0) is 16.6 Å². The molecule has 3 rings (SSSR count). The molecule has 6 nitrogen and oxygen atoms in total. The fraction of sp³-hybridized carbons (Fsp3) is 0.0556. The SMILES string of the molecule is O=C(Nc1ccccc1F)c1ccc(Cl)c(S(=O)(=O)NCc2ccco2)c1. The lowest BCUT2D eigenvalue weighted by molar-refractivity contribution is 0.102. The molecule has 0 saturated heterocycles. The van der Waals surface area contributed by atoms with Crippen LogP contribution in [0.1, 0.15) is 16.1 Å². The molecular formula is C18H14ClFN2O4S. The van der Waals surface area contributed by atoms with Gasteiger partial charge in [0.05, 0.1) is 23.5 Å². The first kappa shape index (κ1) is 19.1. The Morgan fingerprint density at radius 2 is 1.89 bits per heavy atom. The summed E-state index contributed by atoms with van der Waals surface area (Å²) in [5.41, 5.74) is -0.00109. The van der Waals surface area contributed by atoms with Crippen molar-refractivity contribution in [2.24, 2.45) is 0 Å². The molecule has 3 aromatic rings. The highest BCUT2D eigenvalue weighted by Crippen LogP contribution is 2.24. The van der Waals surface area contributed by atoms with Crippen molar-refractivity contribution in [1.82, 2.24) is 4.72 Å². The Morgan fingerprint density at radius 1 is 1.11 bits per heavy atom. The number of hydrogen-bond acceptors (Lipinski definition) is 4. The number of furan rings is 1. The van der Waals surface area contributed by atoms with E-state index >= 15 is 0 Å². The summed E-state index contributed by atoms with van der Waals surface area (Å²) in [7, 11) is -4.00. The molecule has 0 atom stereocenters. The second kappa shape index (κ2) is 7.91.